The Morgan fingerprint density at radius 2 is 1.40 bits per heavy atom. The fraction of sp³-hybridized carbons (Fsp3) is 0.206. The summed E-state index contributed by atoms with van der Waals surface area (Å²) in [5.41, 5.74) is 11.0. The SMILES string of the molecule is [2H]C([2H])([2H])c1c[c-]c(-c2cc(C(C)(C)C)c(C([2H])([2H])[2H])cn2)cc1.[2H]C([2H])([2H])c1cccc2nc(-c3[c-]ccc4c3oc3cc5c(ccc6ccccc65)cc34)n(-c3c(C(C)C)cc(-c4ccccc4)cc3C(C)C)c12.[Ir]. The second kappa shape index (κ2) is 18.4. The smallest absolute Gasteiger partial charge is 0.121 e. The number of para-hydroxylation sites is 1. The van der Waals surface area contributed by atoms with Crippen LogP contribution in [0.2, 0.25) is 0 Å². The minimum atomic E-state index is -2.37. The number of aryl methyl sites for hydroxylation is 3. The van der Waals surface area contributed by atoms with Crippen LogP contribution in [0.1, 0.15) is 106 Å². The van der Waals surface area contributed by atoms with Crippen LogP contribution in [0.25, 0.3) is 94.0 Å². The van der Waals surface area contributed by atoms with Gasteiger partial charge in [0.1, 0.15) is 5.58 Å². The Morgan fingerprint density at radius 1 is 0.647 bits per heavy atom. The second-order valence-electron chi connectivity index (χ2n) is 19.0. The van der Waals surface area contributed by atoms with E-state index in [1.807, 2.05) is 45.0 Å². The third-order valence-electron chi connectivity index (χ3n) is 12.7. The second-order valence-corrected chi connectivity index (χ2v) is 19.0. The summed E-state index contributed by atoms with van der Waals surface area (Å²) in [5, 5.41) is 6.59. The van der Waals surface area contributed by atoms with Crippen LogP contribution in [-0.4, -0.2) is 14.5 Å². The van der Waals surface area contributed by atoms with E-state index < -0.39 is 20.6 Å². The summed E-state index contributed by atoms with van der Waals surface area (Å²) in [6.07, 6.45) is 1.38. The van der Waals surface area contributed by atoms with Crippen molar-refractivity contribution in [2.45, 2.75) is 86.3 Å². The van der Waals surface area contributed by atoms with Gasteiger partial charge in [0.05, 0.1) is 22.4 Å². The first-order valence-electron chi connectivity index (χ1n) is 27.4. The molecule has 4 nitrogen and oxygen atoms in total. The summed E-state index contributed by atoms with van der Waals surface area (Å²) in [5.74, 6) is 0.840. The Balaban J connectivity index is 0.000000244. The standard InChI is InChI=1S/C46H37N2O.C17H20N.Ir/c1-27(2)37-24-33(30-14-7-6-8-15-30)25-38(28(3)4)44(37)48-43-29(5)13-11-20-41(43)47-46(48)36-19-12-18-35-40-23-32-22-21-31-16-9-10-17-34(31)39(32)26-42(40)49-45(35)36;1-12-6-8-14(9-7-12)16-10-15(17(3,4)5)13(2)11-18-16;/h6-18,20-28H,1-5H3;6-8,10-11H,1-5H3;/q2*-1;/i5D3;1D3,2D3;. The largest absolute Gasteiger partial charge is 0.501 e. The zero-order chi connectivity index (χ0) is 54.2. The molecule has 0 bridgehead atoms. The number of fused-ring (bicyclic) bond motifs is 7. The molecule has 0 saturated carbocycles. The van der Waals surface area contributed by atoms with Crippen molar-refractivity contribution in [1.29, 1.82) is 0 Å². The minimum Gasteiger partial charge on any atom is -0.501 e. The Bertz CT molecular complexity index is 3970. The molecule has 0 saturated heterocycles. The van der Waals surface area contributed by atoms with Gasteiger partial charge in [0, 0.05) is 49.7 Å². The number of imidazole rings is 1. The van der Waals surface area contributed by atoms with Gasteiger partial charge >= 0.3 is 0 Å². The number of hydrogen-bond donors (Lipinski definition) is 0. The fourth-order valence-electron chi connectivity index (χ4n) is 9.34. The molecule has 11 aromatic rings. The van der Waals surface area contributed by atoms with E-state index in [9.17, 15) is 0 Å². The van der Waals surface area contributed by atoms with Gasteiger partial charge in [0.2, 0.25) is 0 Å². The van der Waals surface area contributed by atoms with E-state index in [0.717, 1.165) is 55.1 Å². The Hall–Kier alpha value is -6.65. The van der Waals surface area contributed by atoms with Gasteiger partial charge in [-0.05, 0) is 127 Å². The summed E-state index contributed by atoms with van der Waals surface area (Å²) in [6.45, 7) is 7.85. The van der Waals surface area contributed by atoms with E-state index in [2.05, 4.69) is 134 Å². The van der Waals surface area contributed by atoms with Crippen molar-refractivity contribution in [3.8, 4) is 39.5 Å². The number of hydrogen-bond acceptors (Lipinski definition) is 3. The van der Waals surface area contributed by atoms with E-state index in [1.54, 1.807) is 24.3 Å². The van der Waals surface area contributed by atoms with Crippen molar-refractivity contribution in [2.75, 3.05) is 0 Å². The average molecular weight is 1070 g/mol. The molecule has 3 aromatic heterocycles. The molecular weight excluding hydrogens is 1010 g/mol. The van der Waals surface area contributed by atoms with Crippen LogP contribution in [-0.2, 0) is 25.5 Å². The molecule has 68 heavy (non-hydrogen) atoms. The molecule has 341 valence electrons. The van der Waals surface area contributed by atoms with Crippen LogP contribution in [0.5, 0.6) is 0 Å². The summed E-state index contributed by atoms with van der Waals surface area (Å²) in [6, 6.07) is 54.2. The van der Waals surface area contributed by atoms with Crippen LogP contribution in [0.15, 0.2) is 156 Å². The van der Waals surface area contributed by atoms with Gasteiger partial charge in [-0.1, -0.05) is 151 Å². The van der Waals surface area contributed by atoms with Crippen LogP contribution in [0.4, 0.5) is 0 Å². The molecule has 8 aromatic carbocycles. The zero-order valence-corrected chi connectivity index (χ0v) is 41.6. The first-order chi connectivity index (χ1) is 35.9. The Morgan fingerprint density at radius 3 is 2.10 bits per heavy atom. The van der Waals surface area contributed by atoms with Gasteiger partial charge in [0.25, 0.3) is 0 Å². The van der Waals surface area contributed by atoms with Gasteiger partial charge in [-0.3, -0.25) is 4.98 Å². The van der Waals surface area contributed by atoms with Crippen LogP contribution in [0.3, 0.4) is 0 Å². The molecule has 0 fully saturated rings. The van der Waals surface area contributed by atoms with Crippen molar-refractivity contribution in [1.82, 2.24) is 14.5 Å². The Kier molecular flexibility index (Phi) is 9.87. The number of nitrogens with zero attached hydrogens (tertiary/aromatic N) is 3. The molecule has 0 unspecified atom stereocenters. The molecule has 0 atom stereocenters. The van der Waals surface area contributed by atoms with Gasteiger partial charge in [-0.15, -0.1) is 53.6 Å². The van der Waals surface area contributed by atoms with Crippen LogP contribution in [0, 0.1) is 32.7 Å². The zero-order valence-electron chi connectivity index (χ0n) is 48.2. The minimum absolute atomic E-state index is 0. The first kappa shape index (κ1) is 36.4. The first-order valence-corrected chi connectivity index (χ1v) is 22.9. The normalized spacial score (nSPS) is 14.3. The Labute approximate surface area is 427 Å². The molecule has 0 aliphatic carbocycles. The maximum absolute atomic E-state index is 8.65. The number of furan rings is 1. The summed E-state index contributed by atoms with van der Waals surface area (Å²) < 4.78 is 80.1. The van der Waals surface area contributed by atoms with Crippen molar-refractivity contribution < 1.29 is 36.9 Å². The molecule has 11 rings (SSSR count). The summed E-state index contributed by atoms with van der Waals surface area (Å²) in [7, 11) is 0. The molecule has 3 heterocycles. The van der Waals surface area contributed by atoms with Gasteiger partial charge in [-0.25, -0.2) is 0 Å². The third kappa shape index (κ3) is 8.48. The predicted octanol–water partition coefficient (Wildman–Crippen LogP) is 17.4. The number of pyridine rings is 1. The van der Waals surface area contributed by atoms with Gasteiger partial charge in [0.15, 0.2) is 0 Å². The maximum atomic E-state index is 8.65. The van der Waals surface area contributed by atoms with Crippen LogP contribution >= 0.6 is 0 Å². The topological polar surface area (TPSA) is 43.9 Å². The molecule has 0 spiro atoms. The third-order valence-corrected chi connectivity index (χ3v) is 12.7. The predicted molar refractivity (Wildman–Crippen MR) is 283 cm³/mol. The molecule has 5 heteroatoms. The van der Waals surface area contributed by atoms with E-state index in [1.165, 1.54) is 29.1 Å². The van der Waals surface area contributed by atoms with Crippen LogP contribution < -0.4 is 0 Å². The molecule has 0 aliphatic heterocycles. The molecule has 0 aliphatic rings. The molecule has 1 radical (unpaired) electrons. The average Bonchev–Trinajstić information content (AvgIpc) is 4.05. The summed E-state index contributed by atoms with van der Waals surface area (Å²) in [4.78, 5) is 9.50. The monoisotopic (exact) mass is 1070 g/mol. The van der Waals surface area contributed by atoms with E-state index >= 15 is 0 Å². The molecule has 0 N–H and O–H groups in total. The maximum Gasteiger partial charge on any atom is 0.121 e. The van der Waals surface area contributed by atoms with E-state index in [0.29, 0.717) is 44.8 Å². The number of rotatable bonds is 6. The number of aromatic nitrogens is 3. The molecule has 0 amide bonds. The van der Waals surface area contributed by atoms with E-state index in [-0.39, 0.29) is 54.0 Å². The fourth-order valence-corrected chi connectivity index (χ4v) is 9.34. The van der Waals surface area contributed by atoms with Crippen molar-refractivity contribution >= 4 is 54.5 Å². The van der Waals surface area contributed by atoms with Crippen molar-refractivity contribution in [2.24, 2.45) is 0 Å². The quantitative estimate of drug-likeness (QED) is 0.123. The summed E-state index contributed by atoms with van der Waals surface area (Å²) >= 11 is 0. The van der Waals surface area contributed by atoms with E-state index in [4.69, 9.17) is 21.7 Å². The van der Waals surface area contributed by atoms with Gasteiger partial charge in [-0.2, -0.15) is 0 Å². The number of benzene rings is 8. The van der Waals surface area contributed by atoms with Crippen molar-refractivity contribution in [3.63, 3.8) is 0 Å². The van der Waals surface area contributed by atoms with Crippen molar-refractivity contribution in [3.05, 3.63) is 197 Å². The molecular formula is C63H57IrN3O-2. The van der Waals surface area contributed by atoms with Gasteiger partial charge < -0.3 is 14.0 Å².